The van der Waals surface area contributed by atoms with E-state index in [1.54, 1.807) is 24.3 Å². The van der Waals surface area contributed by atoms with Gasteiger partial charge in [0, 0.05) is 17.0 Å². The summed E-state index contributed by atoms with van der Waals surface area (Å²) in [4.78, 5) is 10.5. The zero-order valence-corrected chi connectivity index (χ0v) is 6.84. The van der Waals surface area contributed by atoms with Crippen molar-refractivity contribution in [2.75, 3.05) is 0 Å². The van der Waals surface area contributed by atoms with E-state index in [0.29, 0.717) is 16.4 Å². The molecule has 60 valence electrons. The Morgan fingerprint density at radius 2 is 2.25 bits per heavy atom. The van der Waals surface area contributed by atoms with Gasteiger partial charge >= 0.3 is 0 Å². The second-order valence-electron chi connectivity index (χ2n) is 2.43. The summed E-state index contributed by atoms with van der Waals surface area (Å²) in [6.07, 6.45) is 0.786. The average molecular weight is 181 g/mol. The van der Waals surface area contributed by atoms with E-state index >= 15 is 0 Å². The highest BCUT2D eigenvalue weighted by Crippen LogP contribution is 2.24. The number of furan rings is 1. The summed E-state index contributed by atoms with van der Waals surface area (Å²) in [6.45, 7) is 0. The molecule has 12 heavy (non-hydrogen) atoms. The van der Waals surface area contributed by atoms with Crippen molar-refractivity contribution < 1.29 is 9.21 Å². The van der Waals surface area contributed by atoms with E-state index in [9.17, 15) is 4.79 Å². The lowest BCUT2D eigenvalue weighted by Gasteiger charge is -1.89. The molecule has 0 atom stereocenters. The van der Waals surface area contributed by atoms with Crippen molar-refractivity contribution in [3.05, 3.63) is 35.0 Å². The van der Waals surface area contributed by atoms with Crippen LogP contribution in [0.1, 0.15) is 10.4 Å². The number of carbonyl (C=O) groups excluding carboxylic acids is 1. The molecule has 0 spiro atoms. The van der Waals surface area contributed by atoms with Crippen molar-refractivity contribution in [1.82, 2.24) is 0 Å². The predicted octanol–water partition coefficient (Wildman–Crippen LogP) is 2.90. The van der Waals surface area contributed by atoms with E-state index in [1.165, 1.54) is 0 Å². The molecule has 0 bridgehead atoms. The molecule has 0 fully saturated rings. The molecular formula is C9H5ClO2. The molecule has 0 aliphatic rings. The standard InChI is InChI=1S/C9H5ClO2/c10-9-4-7-6(5-11)2-1-3-8(7)12-9/h1-5H. The summed E-state index contributed by atoms with van der Waals surface area (Å²) in [5.74, 6) is 0. The van der Waals surface area contributed by atoms with Gasteiger partial charge in [-0.15, -0.1) is 0 Å². The zero-order chi connectivity index (χ0) is 8.55. The number of carbonyl (C=O) groups is 1. The van der Waals surface area contributed by atoms with E-state index < -0.39 is 0 Å². The van der Waals surface area contributed by atoms with Crippen molar-refractivity contribution in [1.29, 1.82) is 0 Å². The first-order valence-corrected chi connectivity index (χ1v) is 3.82. The van der Waals surface area contributed by atoms with Crippen LogP contribution in [0.2, 0.25) is 5.22 Å². The van der Waals surface area contributed by atoms with Crippen LogP contribution in [0.5, 0.6) is 0 Å². The van der Waals surface area contributed by atoms with E-state index in [-0.39, 0.29) is 0 Å². The van der Waals surface area contributed by atoms with Crippen molar-refractivity contribution in [3.8, 4) is 0 Å². The molecule has 0 aliphatic carbocycles. The molecule has 0 N–H and O–H groups in total. The van der Waals surface area contributed by atoms with Crippen LogP contribution >= 0.6 is 11.6 Å². The molecule has 0 saturated heterocycles. The highest BCUT2D eigenvalue weighted by atomic mass is 35.5. The number of fused-ring (bicyclic) bond motifs is 1. The summed E-state index contributed by atoms with van der Waals surface area (Å²) in [6, 6.07) is 6.89. The van der Waals surface area contributed by atoms with Crippen LogP contribution in [-0.2, 0) is 0 Å². The number of rotatable bonds is 1. The number of aldehydes is 1. The maximum absolute atomic E-state index is 10.5. The molecule has 3 heteroatoms. The van der Waals surface area contributed by atoms with Gasteiger partial charge in [0.05, 0.1) is 0 Å². The minimum atomic E-state index is 0.305. The fourth-order valence-electron chi connectivity index (χ4n) is 1.16. The quantitative estimate of drug-likeness (QED) is 0.632. The minimum Gasteiger partial charge on any atom is -0.445 e. The number of halogens is 1. The van der Waals surface area contributed by atoms with Crippen molar-refractivity contribution in [2.24, 2.45) is 0 Å². The van der Waals surface area contributed by atoms with E-state index in [0.717, 1.165) is 11.7 Å². The van der Waals surface area contributed by atoms with Gasteiger partial charge in [-0.1, -0.05) is 12.1 Å². The van der Waals surface area contributed by atoms with Crippen molar-refractivity contribution in [2.45, 2.75) is 0 Å². The monoisotopic (exact) mass is 180 g/mol. The number of hydrogen-bond acceptors (Lipinski definition) is 2. The second-order valence-corrected chi connectivity index (χ2v) is 2.80. The lowest BCUT2D eigenvalue weighted by molar-refractivity contribution is 0.112. The Kier molecular flexibility index (Phi) is 1.62. The van der Waals surface area contributed by atoms with Crippen LogP contribution in [0.3, 0.4) is 0 Å². The van der Waals surface area contributed by atoms with E-state index in [4.69, 9.17) is 16.0 Å². The third kappa shape index (κ3) is 1.01. The fourth-order valence-corrected chi connectivity index (χ4v) is 1.35. The van der Waals surface area contributed by atoms with Gasteiger partial charge < -0.3 is 4.42 Å². The molecular weight excluding hydrogens is 176 g/mol. The van der Waals surface area contributed by atoms with Crippen molar-refractivity contribution in [3.63, 3.8) is 0 Å². The molecule has 0 unspecified atom stereocenters. The van der Waals surface area contributed by atoms with Crippen molar-refractivity contribution >= 4 is 28.9 Å². The normalized spacial score (nSPS) is 10.4. The lowest BCUT2D eigenvalue weighted by atomic mass is 10.1. The van der Waals surface area contributed by atoms with Gasteiger partial charge in [-0.25, -0.2) is 0 Å². The van der Waals surface area contributed by atoms with Gasteiger partial charge in [0.2, 0.25) is 0 Å². The van der Waals surface area contributed by atoms with Crippen LogP contribution in [0.4, 0.5) is 0 Å². The van der Waals surface area contributed by atoms with E-state index in [2.05, 4.69) is 0 Å². The topological polar surface area (TPSA) is 30.2 Å². The molecule has 1 aromatic carbocycles. The predicted molar refractivity (Wildman–Crippen MR) is 46.6 cm³/mol. The molecule has 1 aromatic heterocycles. The maximum Gasteiger partial charge on any atom is 0.194 e. The molecule has 2 nitrogen and oxygen atoms in total. The molecule has 0 aliphatic heterocycles. The largest absolute Gasteiger partial charge is 0.445 e. The Morgan fingerprint density at radius 1 is 1.42 bits per heavy atom. The van der Waals surface area contributed by atoms with Gasteiger partial charge in [-0.05, 0) is 17.7 Å². The third-order valence-corrected chi connectivity index (χ3v) is 1.88. The average Bonchev–Trinajstić information content (AvgIpc) is 2.44. The first-order valence-electron chi connectivity index (χ1n) is 3.44. The van der Waals surface area contributed by atoms with Crippen LogP contribution in [0.15, 0.2) is 28.7 Å². The van der Waals surface area contributed by atoms with E-state index in [1.807, 2.05) is 0 Å². The molecule has 0 amide bonds. The van der Waals surface area contributed by atoms with Crippen LogP contribution in [-0.4, -0.2) is 6.29 Å². The van der Waals surface area contributed by atoms with Gasteiger partial charge in [0.25, 0.3) is 0 Å². The first-order chi connectivity index (χ1) is 5.81. The van der Waals surface area contributed by atoms with Crippen LogP contribution in [0, 0.1) is 0 Å². The smallest absolute Gasteiger partial charge is 0.194 e. The second kappa shape index (κ2) is 2.64. The SMILES string of the molecule is O=Cc1cccc2oc(Cl)cc12. The Bertz CT molecular complexity index is 431. The summed E-state index contributed by atoms with van der Waals surface area (Å²) >= 11 is 5.63. The first kappa shape index (κ1) is 7.37. The van der Waals surface area contributed by atoms with Gasteiger partial charge in [-0.2, -0.15) is 0 Å². The summed E-state index contributed by atoms with van der Waals surface area (Å²) in [5, 5.41) is 1.07. The van der Waals surface area contributed by atoms with Crippen LogP contribution in [0.25, 0.3) is 11.0 Å². The van der Waals surface area contributed by atoms with Gasteiger partial charge in [0.1, 0.15) is 5.58 Å². The van der Waals surface area contributed by atoms with Crippen LogP contribution < -0.4 is 0 Å². The Balaban J connectivity index is 2.86. The number of benzene rings is 1. The lowest BCUT2D eigenvalue weighted by Crippen LogP contribution is -1.77. The molecule has 2 rings (SSSR count). The third-order valence-electron chi connectivity index (χ3n) is 1.69. The van der Waals surface area contributed by atoms with Gasteiger partial charge in [-0.3, -0.25) is 4.79 Å². The molecule has 0 radical (unpaired) electrons. The Morgan fingerprint density at radius 3 is 3.00 bits per heavy atom. The molecule has 2 aromatic rings. The number of hydrogen-bond donors (Lipinski definition) is 0. The fraction of sp³-hybridized carbons (Fsp3) is 0. The maximum atomic E-state index is 10.5. The van der Waals surface area contributed by atoms with Gasteiger partial charge in [0.15, 0.2) is 11.5 Å². The Hall–Kier alpha value is -1.28. The highest BCUT2D eigenvalue weighted by Gasteiger charge is 2.04. The highest BCUT2D eigenvalue weighted by molar-refractivity contribution is 6.30. The minimum absolute atomic E-state index is 0.305. The summed E-state index contributed by atoms with van der Waals surface area (Å²) < 4.78 is 5.12. The Labute approximate surface area is 73.7 Å². The zero-order valence-electron chi connectivity index (χ0n) is 6.08. The summed E-state index contributed by atoms with van der Waals surface area (Å²) in [7, 11) is 0. The molecule has 0 saturated carbocycles. The summed E-state index contributed by atoms with van der Waals surface area (Å²) in [5.41, 5.74) is 1.24. The molecule has 1 heterocycles.